The minimum atomic E-state index is -0.934. The molecule has 80 valence electrons. The highest BCUT2D eigenvalue weighted by Crippen LogP contribution is 2.25. The van der Waals surface area contributed by atoms with Crippen molar-refractivity contribution in [2.75, 3.05) is 0 Å². The number of benzene rings is 1. The lowest BCUT2D eigenvalue weighted by molar-refractivity contribution is -0.135. The summed E-state index contributed by atoms with van der Waals surface area (Å²) in [7, 11) is 0. The van der Waals surface area contributed by atoms with Crippen LogP contribution in [0.25, 0.3) is 6.08 Å². The molecule has 0 aliphatic rings. The third kappa shape index (κ3) is 3.64. The summed E-state index contributed by atoms with van der Waals surface area (Å²) in [5, 5.41) is 8.43. The number of carboxylic acids is 1. The summed E-state index contributed by atoms with van der Waals surface area (Å²) in [5.41, 5.74) is 0.554. The summed E-state index contributed by atoms with van der Waals surface area (Å²) in [6.07, 6.45) is 2.87. The molecular formula is C10H7BrClFO2. The van der Waals surface area contributed by atoms with E-state index in [0.717, 1.165) is 0 Å². The largest absolute Gasteiger partial charge is 0.481 e. The van der Waals surface area contributed by atoms with Gasteiger partial charge in [-0.05, 0) is 17.7 Å². The minimum Gasteiger partial charge on any atom is -0.481 e. The van der Waals surface area contributed by atoms with Crippen LogP contribution in [0.3, 0.4) is 0 Å². The fourth-order valence-corrected chi connectivity index (χ4v) is 1.72. The molecule has 0 spiro atoms. The molecule has 15 heavy (non-hydrogen) atoms. The molecule has 0 bridgehead atoms. The van der Waals surface area contributed by atoms with Crippen molar-refractivity contribution in [2.24, 2.45) is 0 Å². The predicted octanol–water partition coefficient (Wildman–Crippen LogP) is 3.73. The van der Waals surface area contributed by atoms with Gasteiger partial charge in [0.2, 0.25) is 0 Å². The standard InChI is InChI=1S/C10H7BrClFO2/c11-7-5-8(12)9(13)4-6(7)2-1-3-10(14)15/h1-2,4-5H,3H2,(H,14,15)/b2-1+. The van der Waals surface area contributed by atoms with Crippen LogP contribution in [0.1, 0.15) is 12.0 Å². The van der Waals surface area contributed by atoms with E-state index in [1.54, 1.807) is 0 Å². The van der Waals surface area contributed by atoms with Gasteiger partial charge in [0.05, 0.1) is 11.4 Å². The fraction of sp³-hybridized carbons (Fsp3) is 0.100. The van der Waals surface area contributed by atoms with E-state index < -0.39 is 11.8 Å². The van der Waals surface area contributed by atoms with Crippen molar-refractivity contribution < 1.29 is 14.3 Å². The summed E-state index contributed by atoms with van der Waals surface area (Å²) < 4.78 is 13.7. The maximum Gasteiger partial charge on any atom is 0.307 e. The highest BCUT2D eigenvalue weighted by atomic mass is 79.9. The average Bonchev–Trinajstić information content (AvgIpc) is 2.13. The Morgan fingerprint density at radius 3 is 2.87 bits per heavy atom. The number of aliphatic carboxylic acids is 1. The van der Waals surface area contributed by atoms with E-state index in [2.05, 4.69) is 15.9 Å². The van der Waals surface area contributed by atoms with Crippen molar-refractivity contribution in [3.05, 3.63) is 39.1 Å². The topological polar surface area (TPSA) is 37.3 Å². The molecule has 0 aliphatic carbocycles. The third-order valence-corrected chi connectivity index (χ3v) is 2.61. The average molecular weight is 294 g/mol. The molecule has 0 radical (unpaired) electrons. The maximum absolute atomic E-state index is 13.0. The van der Waals surface area contributed by atoms with Gasteiger partial charge in [0.15, 0.2) is 0 Å². The lowest BCUT2D eigenvalue weighted by atomic mass is 10.2. The first-order chi connectivity index (χ1) is 7.00. The van der Waals surface area contributed by atoms with Gasteiger partial charge in [-0.2, -0.15) is 0 Å². The van der Waals surface area contributed by atoms with E-state index in [0.29, 0.717) is 10.0 Å². The number of rotatable bonds is 3. The van der Waals surface area contributed by atoms with E-state index in [9.17, 15) is 9.18 Å². The van der Waals surface area contributed by atoms with Gasteiger partial charge in [0.25, 0.3) is 0 Å². The van der Waals surface area contributed by atoms with Gasteiger partial charge >= 0.3 is 5.97 Å². The molecule has 0 fully saturated rings. The van der Waals surface area contributed by atoms with Gasteiger partial charge in [-0.3, -0.25) is 4.79 Å². The molecular weight excluding hydrogens is 286 g/mol. The Hall–Kier alpha value is -0.870. The van der Waals surface area contributed by atoms with Crippen molar-refractivity contribution in [3.8, 4) is 0 Å². The Bertz CT molecular complexity index is 418. The molecule has 1 aromatic rings. The van der Waals surface area contributed by atoms with Gasteiger partial charge in [0, 0.05) is 4.47 Å². The molecule has 2 nitrogen and oxygen atoms in total. The summed E-state index contributed by atoms with van der Waals surface area (Å²) >= 11 is 8.75. The zero-order chi connectivity index (χ0) is 11.4. The summed E-state index contributed by atoms with van der Waals surface area (Å²) in [6, 6.07) is 2.67. The number of hydrogen-bond acceptors (Lipinski definition) is 1. The maximum atomic E-state index is 13.0. The van der Waals surface area contributed by atoms with E-state index in [1.807, 2.05) is 0 Å². The molecule has 0 aliphatic heterocycles. The van der Waals surface area contributed by atoms with Crippen LogP contribution >= 0.6 is 27.5 Å². The van der Waals surface area contributed by atoms with Gasteiger partial charge in [0.1, 0.15) is 5.82 Å². The van der Waals surface area contributed by atoms with Gasteiger partial charge in [-0.25, -0.2) is 4.39 Å². The molecule has 0 atom stereocenters. The second-order valence-corrected chi connectivity index (χ2v) is 4.05. The van der Waals surface area contributed by atoms with Crippen molar-refractivity contribution >= 4 is 39.6 Å². The van der Waals surface area contributed by atoms with Crippen LogP contribution in [0.4, 0.5) is 4.39 Å². The van der Waals surface area contributed by atoms with Gasteiger partial charge < -0.3 is 5.11 Å². The Labute approximate surface area is 99.5 Å². The smallest absolute Gasteiger partial charge is 0.307 e. The molecule has 1 rings (SSSR count). The molecule has 0 amide bonds. The van der Waals surface area contributed by atoms with Crippen molar-refractivity contribution in [2.45, 2.75) is 6.42 Å². The van der Waals surface area contributed by atoms with E-state index in [-0.39, 0.29) is 11.4 Å². The normalized spacial score (nSPS) is 10.9. The SMILES string of the molecule is O=C(O)C/C=C/c1cc(F)c(Cl)cc1Br. The quantitative estimate of drug-likeness (QED) is 0.862. The lowest BCUT2D eigenvalue weighted by Crippen LogP contribution is -1.90. The van der Waals surface area contributed by atoms with Crippen LogP contribution in [0.5, 0.6) is 0 Å². The third-order valence-electron chi connectivity index (χ3n) is 1.63. The van der Waals surface area contributed by atoms with Crippen LogP contribution in [0, 0.1) is 5.82 Å². The zero-order valence-corrected chi connectivity index (χ0v) is 9.85. The Morgan fingerprint density at radius 1 is 1.60 bits per heavy atom. The Balaban J connectivity index is 2.90. The summed E-state index contributed by atoms with van der Waals surface area (Å²) in [4.78, 5) is 10.2. The molecule has 1 N–H and O–H groups in total. The zero-order valence-electron chi connectivity index (χ0n) is 7.51. The van der Waals surface area contributed by atoms with Crippen molar-refractivity contribution in [1.29, 1.82) is 0 Å². The van der Waals surface area contributed by atoms with Gasteiger partial charge in [-0.1, -0.05) is 39.7 Å². The van der Waals surface area contributed by atoms with Crippen molar-refractivity contribution in [3.63, 3.8) is 0 Å². The van der Waals surface area contributed by atoms with Gasteiger partial charge in [-0.15, -0.1) is 0 Å². The molecule has 5 heteroatoms. The summed E-state index contributed by atoms with van der Waals surface area (Å²) in [6.45, 7) is 0. The van der Waals surface area contributed by atoms with Crippen LogP contribution in [0.2, 0.25) is 5.02 Å². The van der Waals surface area contributed by atoms with E-state index in [4.69, 9.17) is 16.7 Å². The monoisotopic (exact) mass is 292 g/mol. The number of halogens is 3. The molecule has 0 aromatic heterocycles. The van der Waals surface area contributed by atoms with Crippen LogP contribution in [0.15, 0.2) is 22.7 Å². The molecule has 0 saturated carbocycles. The van der Waals surface area contributed by atoms with Crippen LogP contribution < -0.4 is 0 Å². The second-order valence-electron chi connectivity index (χ2n) is 2.79. The van der Waals surface area contributed by atoms with Crippen LogP contribution in [-0.2, 0) is 4.79 Å². The van der Waals surface area contributed by atoms with E-state index in [1.165, 1.54) is 24.3 Å². The Kier molecular flexibility index (Phi) is 4.29. The summed E-state index contributed by atoms with van der Waals surface area (Å²) in [5.74, 6) is -1.47. The molecule has 0 heterocycles. The second kappa shape index (κ2) is 5.28. The van der Waals surface area contributed by atoms with Crippen LogP contribution in [-0.4, -0.2) is 11.1 Å². The first kappa shape index (κ1) is 12.2. The Morgan fingerprint density at radius 2 is 2.27 bits per heavy atom. The number of carboxylic acid groups (broad SMARTS) is 1. The van der Waals surface area contributed by atoms with E-state index >= 15 is 0 Å². The first-order valence-electron chi connectivity index (χ1n) is 4.03. The highest BCUT2D eigenvalue weighted by molar-refractivity contribution is 9.10. The predicted molar refractivity (Wildman–Crippen MR) is 60.4 cm³/mol. The first-order valence-corrected chi connectivity index (χ1v) is 5.20. The molecule has 0 saturated heterocycles. The fourth-order valence-electron chi connectivity index (χ4n) is 0.952. The molecule has 0 unspecified atom stereocenters. The molecule has 1 aromatic carbocycles. The minimum absolute atomic E-state index is 0.0252. The number of hydrogen-bond donors (Lipinski definition) is 1. The lowest BCUT2D eigenvalue weighted by Gasteiger charge is -2.00. The van der Waals surface area contributed by atoms with Crippen molar-refractivity contribution in [1.82, 2.24) is 0 Å². The highest BCUT2D eigenvalue weighted by Gasteiger charge is 2.04. The number of carbonyl (C=O) groups is 1.